The molecule has 0 bridgehead atoms. The summed E-state index contributed by atoms with van der Waals surface area (Å²) in [7, 11) is 0. The SMILES string of the molecule is C=CC(=O)N(O)CCc1ccc2c(c1)sc1ccccc12. The maximum absolute atomic E-state index is 11.2. The van der Waals surface area contributed by atoms with Gasteiger partial charge in [-0.25, -0.2) is 5.06 Å². The van der Waals surface area contributed by atoms with Crippen LogP contribution in [-0.2, 0) is 11.2 Å². The molecule has 4 heteroatoms. The molecule has 0 aliphatic heterocycles. The van der Waals surface area contributed by atoms with Gasteiger partial charge in [0.05, 0.1) is 6.54 Å². The smallest absolute Gasteiger partial charge is 0.269 e. The highest BCUT2D eigenvalue weighted by molar-refractivity contribution is 7.25. The van der Waals surface area contributed by atoms with E-state index in [0.29, 0.717) is 11.5 Å². The molecule has 0 fully saturated rings. The van der Waals surface area contributed by atoms with Crippen molar-refractivity contribution in [3.05, 3.63) is 60.7 Å². The topological polar surface area (TPSA) is 40.5 Å². The Balaban J connectivity index is 1.86. The Labute approximate surface area is 126 Å². The number of carbonyl (C=O) groups is 1. The molecule has 3 nitrogen and oxygen atoms in total. The first-order valence-electron chi connectivity index (χ1n) is 6.72. The molecule has 3 rings (SSSR count). The standard InChI is InChI=1S/C17H15NO2S/c1-2-17(19)18(20)10-9-12-7-8-14-13-5-3-4-6-15(13)21-16(14)11-12/h2-8,11,20H,1,9-10H2. The van der Waals surface area contributed by atoms with Crippen molar-refractivity contribution in [2.75, 3.05) is 6.54 Å². The third kappa shape index (κ3) is 2.68. The van der Waals surface area contributed by atoms with E-state index in [-0.39, 0.29) is 6.54 Å². The second-order valence-electron chi connectivity index (χ2n) is 4.84. The molecule has 0 aliphatic carbocycles. The van der Waals surface area contributed by atoms with Crippen molar-refractivity contribution >= 4 is 37.4 Å². The van der Waals surface area contributed by atoms with Gasteiger partial charge < -0.3 is 0 Å². The summed E-state index contributed by atoms with van der Waals surface area (Å²) in [6, 6.07) is 14.6. The summed E-state index contributed by atoms with van der Waals surface area (Å²) >= 11 is 1.76. The summed E-state index contributed by atoms with van der Waals surface area (Å²) in [5.41, 5.74) is 1.10. The molecule has 0 atom stereocenters. The number of nitrogens with zero attached hydrogens (tertiary/aromatic N) is 1. The molecular weight excluding hydrogens is 282 g/mol. The van der Waals surface area contributed by atoms with Gasteiger partial charge in [-0.3, -0.25) is 10.0 Å². The summed E-state index contributed by atoms with van der Waals surface area (Å²) in [5.74, 6) is -0.474. The molecule has 21 heavy (non-hydrogen) atoms. The highest BCUT2D eigenvalue weighted by Crippen LogP contribution is 2.34. The van der Waals surface area contributed by atoms with Crippen LogP contribution in [0.5, 0.6) is 0 Å². The van der Waals surface area contributed by atoms with Crippen LogP contribution in [0.4, 0.5) is 0 Å². The van der Waals surface area contributed by atoms with Gasteiger partial charge in [-0.2, -0.15) is 0 Å². The van der Waals surface area contributed by atoms with E-state index >= 15 is 0 Å². The fraction of sp³-hybridized carbons (Fsp3) is 0.118. The predicted octanol–water partition coefficient (Wildman–Crippen LogP) is 4.00. The average molecular weight is 297 g/mol. The van der Waals surface area contributed by atoms with Crippen LogP contribution >= 0.6 is 11.3 Å². The molecule has 1 amide bonds. The second kappa shape index (κ2) is 5.68. The molecule has 3 aromatic rings. The van der Waals surface area contributed by atoms with Gasteiger partial charge in [0, 0.05) is 20.2 Å². The zero-order valence-corrected chi connectivity index (χ0v) is 12.3. The minimum atomic E-state index is -0.474. The minimum absolute atomic E-state index is 0.265. The van der Waals surface area contributed by atoms with Crippen molar-refractivity contribution in [1.29, 1.82) is 0 Å². The molecular formula is C17H15NO2S. The van der Waals surface area contributed by atoms with Gasteiger partial charge in [0.1, 0.15) is 0 Å². The lowest BCUT2D eigenvalue weighted by Crippen LogP contribution is -2.27. The lowest BCUT2D eigenvalue weighted by Gasteiger charge is -2.12. The summed E-state index contributed by atoms with van der Waals surface area (Å²) < 4.78 is 2.50. The summed E-state index contributed by atoms with van der Waals surface area (Å²) in [6.07, 6.45) is 1.72. The zero-order chi connectivity index (χ0) is 14.8. The van der Waals surface area contributed by atoms with Gasteiger partial charge in [0.25, 0.3) is 5.91 Å². The van der Waals surface area contributed by atoms with Gasteiger partial charge >= 0.3 is 0 Å². The van der Waals surface area contributed by atoms with Gasteiger partial charge in [-0.05, 0) is 30.2 Å². The predicted molar refractivity (Wildman–Crippen MR) is 86.7 cm³/mol. The Morgan fingerprint density at radius 1 is 1.19 bits per heavy atom. The molecule has 0 saturated heterocycles. The Morgan fingerprint density at radius 2 is 1.95 bits per heavy atom. The minimum Gasteiger partial charge on any atom is -0.286 e. The summed E-state index contributed by atoms with van der Waals surface area (Å²) in [5, 5.41) is 12.7. The third-order valence-corrected chi connectivity index (χ3v) is 4.62. The first-order chi connectivity index (χ1) is 10.2. The highest BCUT2D eigenvalue weighted by atomic mass is 32.1. The van der Waals surface area contributed by atoms with Gasteiger partial charge in [0.2, 0.25) is 0 Å². The van der Waals surface area contributed by atoms with Crippen LogP contribution in [0.3, 0.4) is 0 Å². The highest BCUT2D eigenvalue weighted by Gasteiger charge is 2.08. The van der Waals surface area contributed by atoms with E-state index in [1.54, 1.807) is 11.3 Å². The molecule has 0 saturated carbocycles. The molecule has 1 aromatic heterocycles. The number of carbonyl (C=O) groups excluding carboxylic acids is 1. The van der Waals surface area contributed by atoms with E-state index in [1.165, 1.54) is 20.2 Å². The zero-order valence-electron chi connectivity index (χ0n) is 11.5. The summed E-state index contributed by atoms with van der Waals surface area (Å²) in [4.78, 5) is 11.2. The van der Waals surface area contributed by atoms with E-state index in [4.69, 9.17) is 0 Å². The van der Waals surface area contributed by atoms with Crippen molar-refractivity contribution in [3.8, 4) is 0 Å². The largest absolute Gasteiger partial charge is 0.286 e. The third-order valence-electron chi connectivity index (χ3n) is 3.48. The number of hydroxylamine groups is 2. The second-order valence-corrected chi connectivity index (χ2v) is 5.93. The van der Waals surface area contributed by atoms with Gasteiger partial charge in [-0.1, -0.05) is 36.9 Å². The lowest BCUT2D eigenvalue weighted by atomic mass is 10.1. The van der Waals surface area contributed by atoms with E-state index in [0.717, 1.165) is 11.6 Å². The maximum Gasteiger partial charge on any atom is 0.269 e. The van der Waals surface area contributed by atoms with Gasteiger partial charge in [-0.15, -0.1) is 11.3 Å². The van der Waals surface area contributed by atoms with Crippen LogP contribution in [0, 0.1) is 0 Å². The van der Waals surface area contributed by atoms with Gasteiger partial charge in [0.15, 0.2) is 0 Å². The van der Waals surface area contributed by atoms with Crippen LogP contribution in [0.15, 0.2) is 55.1 Å². The van der Waals surface area contributed by atoms with Crippen molar-refractivity contribution in [3.63, 3.8) is 0 Å². The van der Waals surface area contributed by atoms with Crippen molar-refractivity contribution in [1.82, 2.24) is 5.06 Å². The molecule has 1 heterocycles. The first-order valence-corrected chi connectivity index (χ1v) is 7.53. The van der Waals surface area contributed by atoms with E-state index < -0.39 is 5.91 Å². The van der Waals surface area contributed by atoms with Crippen LogP contribution in [0.1, 0.15) is 5.56 Å². The molecule has 1 N–H and O–H groups in total. The Hall–Kier alpha value is -2.17. The van der Waals surface area contributed by atoms with E-state index in [2.05, 4.69) is 30.8 Å². The van der Waals surface area contributed by atoms with Crippen LogP contribution in [0.2, 0.25) is 0 Å². The Bertz CT molecular complexity index is 822. The average Bonchev–Trinajstić information content (AvgIpc) is 2.89. The maximum atomic E-state index is 11.2. The number of fused-ring (bicyclic) bond motifs is 3. The fourth-order valence-corrected chi connectivity index (χ4v) is 3.55. The molecule has 0 radical (unpaired) electrons. The monoisotopic (exact) mass is 297 g/mol. The normalized spacial score (nSPS) is 10.9. The number of amides is 1. The Morgan fingerprint density at radius 3 is 2.76 bits per heavy atom. The quantitative estimate of drug-likeness (QED) is 0.449. The van der Waals surface area contributed by atoms with E-state index in [9.17, 15) is 10.0 Å². The summed E-state index contributed by atoms with van der Waals surface area (Å²) in [6.45, 7) is 3.62. The van der Waals surface area contributed by atoms with Crippen LogP contribution < -0.4 is 0 Å². The number of benzene rings is 2. The first kappa shape index (κ1) is 13.8. The van der Waals surface area contributed by atoms with Crippen molar-refractivity contribution < 1.29 is 10.0 Å². The van der Waals surface area contributed by atoms with E-state index in [1.807, 2.05) is 18.2 Å². The molecule has 106 valence electrons. The van der Waals surface area contributed by atoms with Crippen molar-refractivity contribution in [2.45, 2.75) is 6.42 Å². The molecule has 2 aromatic carbocycles. The number of hydrogen-bond donors (Lipinski definition) is 1. The number of rotatable bonds is 4. The molecule has 0 unspecified atom stereocenters. The number of hydrogen-bond acceptors (Lipinski definition) is 3. The van der Waals surface area contributed by atoms with Crippen LogP contribution in [0.25, 0.3) is 20.2 Å². The fourth-order valence-electron chi connectivity index (χ4n) is 2.38. The van der Waals surface area contributed by atoms with Crippen molar-refractivity contribution in [2.24, 2.45) is 0 Å². The Kier molecular flexibility index (Phi) is 3.73. The number of thiophene rings is 1. The van der Waals surface area contributed by atoms with Crippen LogP contribution in [-0.4, -0.2) is 22.7 Å². The lowest BCUT2D eigenvalue weighted by molar-refractivity contribution is -0.159. The molecule has 0 aliphatic rings. The molecule has 0 spiro atoms.